The average molecular weight is 422 g/mol. The first-order chi connectivity index (χ1) is 13.8. The molecule has 2 fully saturated rings. The van der Waals surface area contributed by atoms with Gasteiger partial charge in [-0.05, 0) is 95.4 Å². The Morgan fingerprint density at radius 3 is 2.72 bits per heavy atom. The molecule has 0 amide bonds. The van der Waals surface area contributed by atoms with Crippen LogP contribution in [0.3, 0.4) is 0 Å². The number of allylic oxidation sites excluding steroid dienone is 2. The molecule has 1 heterocycles. The monoisotopic (exact) mass is 421 g/mol. The highest BCUT2D eigenvalue weighted by molar-refractivity contribution is 7.92. The summed E-state index contributed by atoms with van der Waals surface area (Å²) in [5.74, 6) is 4.06. The number of likely N-dealkylation sites (N-methyl/N-ethyl adjacent to an activating group) is 1. The largest absolute Gasteiger partial charge is 0.302 e. The van der Waals surface area contributed by atoms with Gasteiger partial charge in [-0.25, -0.2) is 8.42 Å². The predicted octanol–water partition coefficient (Wildman–Crippen LogP) is 5.63. The van der Waals surface area contributed by atoms with Crippen molar-refractivity contribution in [2.75, 3.05) is 25.9 Å². The van der Waals surface area contributed by atoms with Crippen molar-refractivity contribution in [3.05, 3.63) is 23.3 Å². The van der Waals surface area contributed by atoms with Gasteiger partial charge in [-0.1, -0.05) is 37.1 Å². The second-order valence-electron chi connectivity index (χ2n) is 10.3. The molecule has 3 rings (SSSR count). The summed E-state index contributed by atoms with van der Waals surface area (Å²) in [6.07, 6.45) is 14.7. The molecule has 2 aliphatic carbocycles. The normalized spacial score (nSPS) is 31.9. The first-order valence-corrected chi connectivity index (χ1v) is 13.8. The van der Waals surface area contributed by atoms with Crippen LogP contribution >= 0.6 is 0 Å². The van der Waals surface area contributed by atoms with Gasteiger partial charge in [0.05, 0.1) is 11.0 Å². The molecule has 0 aromatic carbocycles. The van der Waals surface area contributed by atoms with Crippen molar-refractivity contribution in [2.24, 2.45) is 23.7 Å². The maximum Gasteiger partial charge on any atom is 0.153 e. The Morgan fingerprint density at radius 1 is 1.31 bits per heavy atom. The van der Waals surface area contributed by atoms with Gasteiger partial charge in [-0.15, -0.1) is 0 Å². The number of rotatable bonds is 10. The van der Waals surface area contributed by atoms with Crippen molar-refractivity contribution in [3.63, 3.8) is 0 Å². The van der Waals surface area contributed by atoms with Crippen LogP contribution in [-0.4, -0.2) is 44.5 Å². The Morgan fingerprint density at radius 2 is 2.10 bits per heavy atom. The summed E-state index contributed by atoms with van der Waals surface area (Å²) in [4.78, 5) is 2.27. The van der Waals surface area contributed by atoms with E-state index in [0.717, 1.165) is 68.9 Å². The van der Waals surface area contributed by atoms with Gasteiger partial charge in [0, 0.05) is 13.1 Å². The molecule has 0 aromatic rings. The van der Waals surface area contributed by atoms with E-state index in [0.29, 0.717) is 5.75 Å². The zero-order chi connectivity index (χ0) is 21.0. The fourth-order valence-corrected chi connectivity index (χ4v) is 7.47. The second-order valence-corrected chi connectivity index (χ2v) is 12.8. The van der Waals surface area contributed by atoms with Crippen molar-refractivity contribution in [2.45, 2.75) is 83.8 Å². The summed E-state index contributed by atoms with van der Waals surface area (Å²) in [6, 6.07) is 0. The Labute approximate surface area is 179 Å². The molecule has 0 spiro atoms. The maximum absolute atomic E-state index is 12.7. The van der Waals surface area contributed by atoms with E-state index < -0.39 is 9.84 Å². The van der Waals surface area contributed by atoms with Crippen molar-refractivity contribution < 1.29 is 8.42 Å². The van der Waals surface area contributed by atoms with Crippen molar-refractivity contribution >= 4 is 9.84 Å². The molecule has 1 aliphatic heterocycles. The maximum atomic E-state index is 12.7. The predicted molar refractivity (Wildman–Crippen MR) is 124 cm³/mol. The molecule has 29 heavy (non-hydrogen) atoms. The second kappa shape index (κ2) is 10.1. The quantitative estimate of drug-likeness (QED) is 0.429. The van der Waals surface area contributed by atoms with Crippen LogP contribution in [0.4, 0.5) is 0 Å². The van der Waals surface area contributed by atoms with Gasteiger partial charge in [0.25, 0.3) is 0 Å². The minimum absolute atomic E-state index is 0.230. The van der Waals surface area contributed by atoms with Crippen LogP contribution < -0.4 is 0 Å². The van der Waals surface area contributed by atoms with E-state index in [1.807, 2.05) is 6.92 Å². The van der Waals surface area contributed by atoms with E-state index in [-0.39, 0.29) is 5.25 Å². The summed E-state index contributed by atoms with van der Waals surface area (Å²) in [7, 11) is -0.885. The molecule has 3 nitrogen and oxygen atoms in total. The van der Waals surface area contributed by atoms with Crippen LogP contribution in [0.5, 0.6) is 0 Å². The highest BCUT2D eigenvalue weighted by atomic mass is 32.2. The van der Waals surface area contributed by atoms with E-state index in [4.69, 9.17) is 0 Å². The third-order valence-electron chi connectivity index (χ3n) is 8.09. The van der Waals surface area contributed by atoms with Crippen LogP contribution in [0, 0.1) is 23.7 Å². The Kier molecular flexibility index (Phi) is 8.06. The SMILES string of the molecule is CC/C(=C\CC[C@H](C)S(=O)(=O)CCC1=CCN(C)CC1)CC1CC2CC(C)C1C2. The van der Waals surface area contributed by atoms with Crippen LogP contribution in [0.2, 0.25) is 0 Å². The van der Waals surface area contributed by atoms with Crippen LogP contribution in [0.15, 0.2) is 23.3 Å². The topological polar surface area (TPSA) is 37.4 Å². The molecule has 5 atom stereocenters. The van der Waals surface area contributed by atoms with Crippen molar-refractivity contribution in [3.8, 4) is 0 Å². The lowest BCUT2D eigenvalue weighted by Crippen LogP contribution is -2.26. The molecule has 0 aromatic heterocycles. The molecular formula is C25H43NO2S. The first kappa shape index (κ1) is 23.1. The molecule has 166 valence electrons. The molecule has 2 saturated carbocycles. The third kappa shape index (κ3) is 6.19. The smallest absolute Gasteiger partial charge is 0.153 e. The van der Waals surface area contributed by atoms with E-state index >= 15 is 0 Å². The van der Waals surface area contributed by atoms with E-state index in [1.54, 1.807) is 5.57 Å². The van der Waals surface area contributed by atoms with E-state index in [2.05, 4.69) is 37.9 Å². The molecule has 3 aliphatic rings. The first-order valence-electron chi connectivity index (χ1n) is 12.0. The molecule has 0 radical (unpaired) electrons. The van der Waals surface area contributed by atoms with E-state index in [9.17, 15) is 8.42 Å². The molecule has 0 N–H and O–H groups in total. The lowest BCUT2D eigenvalue weighted by molar-refractivity contribution is 0.251. The molecular weight excluding hydrogens is 378 g/mol. The molecule has 4 heteroatoms. The summed E-state index contributed by atoms with van der Waals surface area (Å²) in [5, 5.41) is -0.230. The lowest BCUT2D eigenvalue weighted by Gasteiger charge is -2.27. The van der Waals surface area contributed by atoms with Gasteiger partial charge in [-0.3, -0.25) is 0 Å². The summed E-state index contributed by atoms with van der Waals surface area (Å²) >= 11 is 0. The number of fused-ring (bicyclic) bond motifs is 2. The van der Waals surface area contributed by atoms with Gasteiger partial charge >= 0.3 is 0 Å². The standard InChI is InChI=1S/C25H43NO2S/c1-5-21(16-24-17-23-15-19(2)25(24)18-23)8-6-7-20(3)29(27,28)14-11-22-9-12-26(4)13-10-22/h8-9,19-20,23-25H,5-7,10-18H2,1-4H3/b21-8+/t19?,20-,23?,24?,25?/m0/s1. The number of nitrogens with zero attached hydrogens (tertiary/aromatic N) is 1. The average Bonchev–Trinajstić information content (AvgIpc) is 3.25. The zero-order valence-electron chi connectivity index (χ0n) is 19.2. The van der Waals surface area contributed by atoms with Gasteiger partial charge in [0.2, 0.25) is 0 Å². The summed E-state index contributed by atoms with van der Waals surface area (Å²) in [5.41, 5.74) is 2.89. The lowest BCUT2D eigenvalue weighted by atomic mass is 9.78. The van der Waals surface area contributed by atoms with Crippen molar-refractivity contribution in [1.82, 2.24) is 4.90 Å². The Bertz CT molecular complexity index is 708. The Balaban J connectivity index is 1.43. The fraction of sp³-hybridized carbons (Fsp3) is 0.840. The Hall–Kier alpha value is -0.610. The fourth-order valence-electron chi connectivity index (χ4n) is 6.03. The summed E-state index contributed by atoms with van der Waals surface area (Å²) in [6.45, 7) is 8.62. The third-order valence-corrected chi connectivity index (χ3v) is 10.3. The van der Waals surface area contributed by atoms with Crippen LogP contribution in [0.1, 0.15) is 78.6 Å². The summed E-state index contributed by atoms with van der Waals surface area (Å²) < 4.78 is 25.5. The highest BCUT2D eigenvalue weighted by Crippen LogP contribution is 2.53. The van der Waals surface area contributed by atoms with Crippen LogP contribution in [-0.2, 0) is 9.84 Å². The van der Waals surface area contributed by atoms with Gasteiger partial charge in [-0.2, -0.15) is 0 Å². The number of hydrogen-bond acceptors (Lipinski definition) is 3. The van der Waals surface area contributed by atoms with Gasteiger partial charge in [0.15, 0.2) is 9.84 Å². The van der Waals surface area contributed by atoms with E-state index in [1.165, 1.54) is 31.3 Å². The number of sulfone groups is 1. The molecule has 2 bridgehead atoms. The number of hydrogen-bond donors (Lipinski definition) is 0. The molecule has 0 saturated heterocycles. The minimum atomic E-state index is -3.00. The van der Waals surface area contributed by atoms with Gasteiger partial charge in [0.1, 0.15) is 0 Å². The van der Waals surface area contributed by atoms with Gasteiger partial charge < -0.3 is 4.90 Å². The highest BCUT2D eigenvalue weighted by Gasteiger charge is 2.43. The molecule has 4 unspecified atom stereocenters. The minimum Gasteiger partial charge on any atom is -0.302 e. The zero-order valence-corrected chi connectivity index (χ0v) is 20.0. The van der Waals surface area contributed by atoms with Crippen LogP contribution in [0.25, 0.3) is 0 Å². The van der Waals surface area contributed by atoms with Crippen molar-refractivity contribution in [1.29, 1.82) is 0 Å².